The number of aromatic nitrogens is 1. The van der Waals surface area contributed by atoms with Gasteiger partial charge < -0.3 is 10.6 Å². The predicted molar refractivity (Wildman–Crippen MR) is 102 cm³/mol. The summed E-state index contributed by atoms with van der Waals surface area (Å²) in [7, 11) is 1.90. The van der Waals surface area contributed by atoms with Gasteiger partial charge in [0.1, 0.15) is 5.01 Å². The van der Waals surface area contributed by atoms with Crippen LogP contribution in [0.2, 0.25) is 5.02 Å². The molecule has 2 rings (SSSR count). The van der Waals surface area contributed by atoms with Crippen molar-refractivity contribution in [2.24, 2.45) is 0 Å². The van der Waals surface area contributed by atoms with Gasteiger partial charge in [0.2, 0.25) is 5.91 Å². The molecule has 0 saturated carbocycles. The van der Waals surface area contributed by atoms with Gasteiger partial charge in [0.25, 0.3) is 0 Å². The molecule has 128 valence electrons. The standard InChI is InChI=1S/C15H18ClN3OS.2ClH/c1-17-7-4-8-18-14(20)9-11-10-21-15(19-11)12-5-2-3-6-13(12)16;;/h2-3,5-6,10,17H,4,7-9H2,1H3,(H,18,20);2*1H. The van der Waals surface area contributed by atoms with Crippen molar-refractivity contribution in [2.75, 3.05) is 20.1 Å². The lowest BCUT2D eigenvalue weighted by Crippen LogP contribution is -2.28. The van der Waals surface area contributed by atoms with Gasteiger partial charge in [-0.25, -0.2) is 4.98 Å². The number of nitrogens with one attached hydrogen (secondary N) is 2. The van der Waals surface area contributed by atoms with E-state index in [2.05, 4.69) is 15.6 Å². The smallest absolute Gasteiger partial charge is 0.226 e. The first-order valence-electron chi connectivity index (χ1n) is 6.81. The zero-order valence-corrected chi connectivity index (χ0v) is 15.9. The molecule has 1 aromatic carbocycles. The van der Waals surface area contributed by atoms with E-state index < -0.39 is 0 Å². The SMILES string of the molecule is CNCCCNC(=O)Cc1csc(-c2ccccc2Cl)n1.Cl.Cl. The molecule has 0 unspecified atom stereocenters. The third-order valence-corrected chi connectivity index (χ3v) is 4.18. The van der Waals surface area contributed by atoms with E-state index in [1.165, 1.54) is 11.3 Å². The van der Waals surface area contributed by atoms with E-state index in [1.807, 2.05) is 36.7 Å². The molecule has 23 heavy (non-hydrogen) atoms. The summed E-state index contributed by atoms with van der Waals surface area (Å²) in [4.78, 5) is 16.3. The van der Waals surface area contributed by atoms with Crippen molar-refractivity contribution in [2.45, 2.75) is 12.8 Å². The molecule has 0 fully saturated rings. The number of amides is 1. The van der Waals surface area contributed by atoms with E-state index in [0.717, 1.165) is 29.2 Å². The lowest BCUT2D eigenvalue weighted by Gasteiger charge is -2.03. The van der Waals surface area contributed by atoms with Gasteiger partial charge in [-0.1, -0.05) is 29.8 Å². The van der Waals surface area contributed by atoms with Crippen molar-refractivity contribution in [3.05, 3.63) is 40.4 Å². The van der Waals surface area contributed by atoms with Gasteiger partial charge in [0.05, 0.1) is 17.1 Å². The van der Waals surface area contributed by atoms with E-state index in [-0.39, 0.29) is 30.7 Å². The largest absolute Gasteiger partial charge is 0.356 e. The van der Waals surface area contributed by atoms with Gasteiger partial charge in [0, 0.05) is 17.5 Å². The zero-order chi connectivity index (χ0) is 15.1. The fourth-order valence-electron chi connectivity index (χ4n) is 1.87. The molecule has 2 aromatic rings. The van der Waals surface area contributed by atoms with Gasteiger partial charge >= 0.3 is 0 Å². The number of halogens is 3. The maximum absolute atomic E-state index is 11.8. The maximum Gasteiger partial charge on any atom is 0.226 e. The number of hydrogen-bond acceptors (Lipinski definition) is 4. The van der Waals surface area contributed by atoms with Crippen LogP contribution in [-0.2, 0) is 11.2 Å². The topological polar surface area (TPSA) is 54.0 Å². The fraction of sp³-hybridized carbons (Fsp3) is 0.333. The Kier molecular flexibility index (Phi) is 11.2. The van der Waals surface area contributed by atoms with Crippen LogP contribution in [-0.4, -0.2) is 31.0 Å². The minimum Gasteiger partial charge on any atom is -0.356 e. The highest BCUT2D eigenvalue weighted by molar-refractivity contribution is 7.13. The number of carbonyl (C=O) groups excluding carboxylic acids is 1. The average Bonchev–Trinajstić information content (AvgIpc) is 2.92. The normalized spacial score (nSPS) is 9.65. The second-order valence-electron chi connectivity index (χ2n) is 4.61. The first-order valence-corrected chi connectivity index (χ1v) is 8.07. The summed E-state index contributed by atoms with van der Waals surface area (Å²) in [5.74, 6) is 0.00196. The Morgan fingerprint density at radius 3 is 2.70 bits per heavy atom. The molecule has 0 atom stereocenters. The van der Waals surface area contributed by atoms with Gasteiger partial charge in [-0.3, -0.25) is 4.79 Å². The van der Waals surface area contributed by atoms with Crippen LogP contribution in [0.15, 0.2) is 29.6 Å². The Labute approximate surface area is 157 Å². The molecule has 0 bridgehead atoms. The van der Waals surface area contributed by atoms with Crippen LogP contribution in [0, 0.1) is 0 Å². The van der Waals surface area contributed by atoms with Crippen LogP contribution >= 0.6 is 47.8 Å². The Balaban J connectivity index is 0.00000242. The Morgan fingerprint density at radius 2 is 2.00 bits per heavy atom. The number of rotatable bonds is 7. The monoisotopic (exact) mass is 395 g/mol. The number of nitrogens with zero attached hydrogens (tertiary/aromatic N) is 1. The first-order chi connectivity index (χ1) is 10.2. The number of thiazole rings is 1. The van der Waals surface area contributed by atoms with E-state index in [1.54, 1.807) is 0 Å². The predicted octanol–water partition coefficient (Wildman–Crippen LogP) is 3.58. The third kappa shape index (κ3) is 7.06. The Bertz CT molecular complexity index is 607. The number of carbonyl (C=O) groups is 1. The van der Waals surface area contributed by atoms with Crippen molar-refractivity contribution < 1.29 is 4.79 Å². The molecule has 0 radical (unpaired) electrons. The van der Waals surface area contributed by atoms with Crippen LogP contribution in [0.4, 0.5) is 0 Å². The fourth-order valence-corrected chi connectivity index (χ4v) is 3.01. The molecule has 4 nitrogen and oxygen atoms in total. The second-order valence-corrected chi connectivity index (χ2v) is 5.87. The molecule has 0 spiro atoms. The number of hydrogen-bond donors (Lipinski definition) is 2. The lowest BCUT2D eigenvalue weighted by atomic mass is 10.2. The summed E-state index contributed by atoms with van der Waals surface area (Å²) in [6, 6.07) is 7.59. The van der Waals surface area contributed by atoms with Gasteiger partial charge in [0.15, 0.2) is 0 Å². The van der Waals surface area contributed by atoms with Crippen molar-refractivity contribution in [1.82, 2.24) is 15.6 Å². The molecular formula is C15H20Cl3N3OS. The van der Waals surface area contributed by atoms with Crippen LogP contribution < -0.4 is 10.6 Å². The van der Waals surface area contributed by atoms with Crippen LogP contribution in [0.3, 0.4) is 0 Å². The lowest BCUT2D eigenvalue weighted by molar-refractivity contribution is -0.120. The molecule has 1 aromatic heterocycles. The summed E-state index contributed by atoms with van der Waals surface area (Å²) >= 11 is 7.66. The average molecular weight is 397 g/mol. The molecule has 8 heteroatoms. The number of benzene rings is 1. The molecule has 0 saturated heterocycles. The zero-order valence-electron chi connectivity index (χ0n) is 12.7. The summed E-state index contributed by atoms with van der Waals surface area (Å²) in [5.41, 5.74) is 1.69. The molecule has 0 aliphatic carbocycles. The minimum atomic E-state index is 0. The van der Waals surface area contributed by atoms with Crippen molar-refractivity contribution in [1.29, 1.82) is 0 Å². The molecule has 1 amide bonds. The summed E-state index contributed by atoms with van der Waals surface area (Å²) in [6.07, 6.45) is 1.23. The summed E-state index contributed by atoms with van der Waals surface area (Å²) in [6.45, 7) is 1.58. The van der Waals surface area contributed by atoms with Gasteiger partial charge in [-0.15, -0.1) is 36.2 Å². The van der Waals surface area contributed by atoms with E-state index >= 15 is 0 Å². The highest BCUT2D eigenvalue weighted by atomic mass is 35.5. The molecule has 0 aliphatic rings. The van der Waals surface area contributed by atoms with Crippen LogP contribution in [0.1, 0.15) is 12.1 Å². The summed E-state index contributed by atoms with van der Waals surface area (Å²) < 4.78 is 0. The molecule has 2 N–H and O–H groups in total. The second kappa shape index (κ2) is 11.6. The minimum absolute atomic E-state index is 0. The van der Waals surface area contributed by atoms with Crippen molar-refractivity contribution >= 4 is 53.7 Å². The Morgan fingerprint density at radius 1 is 1.26 bits per heavy atom. The quantitative estimate of drug-likeness (QED) is 0.703. The van der Waals surface area contributed by atoms with Crippen LogP contribution in [0.25, 0.3) is 10.6 Å². The molecular weight excluding hydrogens is 377 g/mol. The third-order valence-electron chi connectivity index (χ3n) is 2.92. The first kappa shape index (κ1) is 22.2. The van der Waals surface area contributed by atoms with E-state index in [4.69, 9.17) is 11.6 Å². The molecule has 0 aliphatic heterocycles. The van der Waals surface area contributed by atoms with Crippen LogP contribution in [0.5, 0.6) is 0 Å². The van der Waals surface area contributed by atoms with E-state index in [0.29, 0.717) is 18.0 Å². The maximum atomic E-state index is 11.8. The highest BCUT2D eigenvalue weighted by Gasteiger charge is 2.10. The molecule has 1 heterocycles. The Hall–Kier alpha value is -0.850. The van der Waals surface area contributed by atoms with Gasteiger partial charge in [-0.05, 0) is 26.1 Å². The summed E-state index contributed by atoms with van der Waals surface area (Å²) in [5, 5.41) is 9.36. The van der Waals surface area contributed by atoms with Crippen molar-refractivity contribution in [3.8, 4) is 10.6 Å². The van der Waals surface area contributed by atoms with E-state index in [9.17, 15) is 4.79 Å². The van der Waals surface area contributed by atoms with Gasteiger partial charge in [-0.2, -0.15) is 0 Å². The highest BCUT2D eigenvalue weighted by Crippen LogP contribution is 2.30. The van der Waals surface area contributed by atoms with Crippen molar-refractivity contribution in [3.63, 3.8) is 0 Å².